The fraction of sp³-hybridized carbons (Fsp3) is 0.933. The van der Waals surface area contributed by atoms with Gasteiger partial charge in [0, 0.05) is 4.83 Å². The van der Waals surface area contributed by atoms with Crippen molar-refractivity contribution in [1.82, 2.24) is 0 Å². The van der Waals surface area contributed by atoms with E-state index in [9.17, 15) is 4.79 Å². The monoisotopic (exact) mass is 316 g/mol. The lowest BCUT2D eigenvalue weighted by Crippen LogP contribution is -2.41. The normalized spacial score (nSPS) is 40.4. The van der Waals surface area contributed by atoms with Gasteiger partial charge in [-0.25, -0.2) is 0 Å². The van der Waals surface area contributed by atoms with Crippen LogP contribution in [0.1, 0.15) is 52.9 Å². The molecule has 0 aromatic carbocycles. The largest absolute Gasteiger partial charge is 0.462 e. The van der Waals surface area contributed by atoms with Crippen molar-refractivity contribution < 1.29 is 9.53 Å². The van der Waals surface area contributed by atoms with Gasteiger partial charge in [0.15, 0.2) is 0 Å². The fourth-order valence-corrected chi connectivity index (χ4v) is 3.96. The van der Waals surface area contributed by atoms with E-state index in [1.807, 2.05) is 0 Å². The number of alkyl halides is 1. The molecule has 0 aromatic heterocycles. The Morgan fingerprint density at radius 1 is 1.22 bits per heavy atom. The Labute approximate surface area is 119 Å². The van der Waals surface area contributed by atoms with Crippen LogP contribution in [0.5, 0.6) is 0 Å². The van der Waals surface area contributed by atoms with E-state index in [1.54, 1.807) is 0 Å². The summed E-state index contributed by atoms with van der Waals surface area (Å²) in [6, 6.07) is 0. The topological polar surface area (TPSA) is 26.3 Å². The van der Waals surface area contributed by atoms with E-state index in [4.69, 9.17) is 4.74 Å². The molecule has 0 heterocycles. The van der Waals surface area contributed by atoms with Crippen molar-refractivity contribution in [2.45, 2.75) is 63.8 Å². The van der Waals surface area contributed by atoms with Gasteiger partial charge in [-0.15, -0.1) is 0 Å². The molecule has 104 valence electrons. The molecule has 2 nitrogen and oxygen atoms in total. The zero-order chi connectivity index (χ0) is 13.3. The Morgan fingerprint density at radius 3 is 2.44 bits per heavy atom. The van der Waals surface area contributed by atoms with Gasteiger partial charge in [-0.1, -0.05) is 43.1 Å². The number of carbonyl (C=O) groups is 1. The Kier molecular flexibility index (Phi) is 4.74. The van der Waals surface area contributed by atoms with Crippen LogP contribution >= 0.6 is 15.9 Å². The highest BCUT2D eigenvalue weighted by atomic mass is 79.9. The van der Waals surface area contributed by atoms with Gasteiger partial charge in [-0.2, -0.15) is 0 Å². The second kappa shape index (κ2) is 5.94. The van der Waals surface area contributed by atoms with E-state index >= 15 is 0 Å². The van der Waals surface area contributed by atoms with E-state index in [0.717, 1.165) is 19.3 Å². The molecule has 0 bridgehead atoms. The number of esters is 1. The highest BCUT2D eigenvalue weighted by Crippen LogP contribution is 2.39. The van der Waals surface area contributed by atoms with E-state index < -0.39 is 0 Å². The number of hydrogen-bond acceptors (Lipinski definition) is 2. The number of carbonyl (C=O) groups excluding carboxylic acids is 1. The summed E-state index contributed by atoms with van der Waals surface area (Å²) in [5, 5.41) is 0. The maximum absolute atomic E-state index is 12.1. The van der Waals surface area contributed by atoms with Gasteiger partial charge in [-0.05, 0) is 43.4 Å². The summed E-state index contributed by atoms with van der Waals surface area (Å²) in [7, 11) is 0. The zero-order valence-corrected chi connectivity index (χ0v) is 13.3. The van der Waals surface area contributed by atoms with Gasteiger partial charge in [0.2, 0.25) is 0 Å². The molecule has 0 spiro atoms. The number of ether oxygens (including phenoxy) is 1. The summed E-state index contributed by atoms with van der Waals surface area (Å²) in [6.45, 7) is 6.77. The van der Waals surface area contributed by atoms with Gasteiger partial charge < -0.3 is 4.74 Å². The van der Waals surface area contributed by atoms with Crippen molar-refractivity contribution in [3.05, 3.63) is 0 Å². The lowest BCUT2D eigenvalue weighted by molar-refractivity contribution is -0.163. The summed E-state index contributed by atoms with van der Waals surface area (Å²) in [4.78, 5) is 12.5. The van der Waals surface area contributed by atoms with Crippen LogP contribution in [0, 0.1) is 23.7 Å². The lowest BCUT2D eigenvalue weighted by Gasteiger charge is -2.39. The van der Waals surface area contributed by atoms with Crippen LogP contribution in [-0.4, -0.2) is 16.9 Å². The van der Waals surface area contributed by atoms with Gasteiger partial charge in [0.1, 0.15) is 6.10 Å². The molecule has 0 aliphatic heterocycles. The third-order valence-electron chi connectivity index (χ3n) is 4.72. The molecule has 2 rings (SSSR count). The maximum atomic E-state index is 12.1. The Balaban J connectivity index is 1.93. The molecule has 0 saturated heterocycles. The van der Waals surface area contributed by atoms with Crippen LogP contribution in [0.3, 0.4) is 0 Å². The molecule has 2 aliphatic rings. The number of hydrogen-bond donors (Lipinski definition) is 0. The van der Waals surface area contributed by atoms with Crippen LogP contribution in [0.2, 0.25) is 0 Å². The highest BCUT2D eigenvalue weighted by molar-refractivity contribution is 9.09. The molecule has 0 aromatic rings. The van der Waals surface area contributed by atoms with Gasteiger partial charge in [0.05, 0.1) is 5.92 Å². The van der Waals surface area contributed by atoms with Crippen LogP contribution in [0.4, 0.5) is 0 Å². The first kappa shape index (κ1) is 14.4. The smallest absolute Gasteiger partial charge is 0.310 e. The molecule has 0 N–H and O–H groups in total. The van der Waals surface area contributed by atoms with E-state index in [1.165, 1.54) is 12.8 Å². The minimum Gasteiger partial charge on any atom is -0.462 e. The zero-order valence-electron chi connectivity index (χ0n) is 11.7. The second-order valence-corrected chi connectivity index (χ2v) is 7.68. The molecular weight excluding hydrogens is 292 g/mol. The van der Waals surface area contributed by atoms with E-state index in [2.05, 4.69) is 36.7 Å². The summed E-state index contributed by atoms with van der Waals surface area (Å²) >= 11 is 3.55. The minimum atomic E-state index is 0.0351. The van der Waals surface area contributed by atoms with Crippen molar-refractivity contribution in [2.24, 2.45) is 23.7 Å². The van der Waals surface area contributed by atoms with Crippen LogP contribution in [0.25, 0.3) is 0 Å². The first-order valence-corrected chi connectivity index (χ1v) is 8.25. The molecule has 2 fully saturated rings. The molecule has 0 amide bonds. The summed E-state index contributed by atoms with van der Waals surface area (Å²) < 4.78 is 5.84. The van der Waals surface area contributed by atoms with Crippen molar-refractivity contribution >= 4 is 21.9 Å². The predicted molar refractivity (Wildman–Crippen MR) is 76.7 cm³/mol. The highest BCUT2D eigenvalue weighted by Gasteiger charge is 2.39. The van der Waals surface area contributed by atoms with Gasteiger partial charge >= 0.3 is 5.97 Å². The Bertz CT molecular complexity index is 303. The summed E-state index contributed by atoms with van der Waals surface area (Å²) in [5.74, 6) is 2.00. The van der Waals surface area contributed by atoms with Crippen LogP contribution in [0.15, 0.2) is 0 Å². The van der Waals surface area contributed by atoms with Crippen LogP contribution < -0.4 is 0 Å². The third-order valence-corrected chi connectivity index (χ3v) is 5.82. The SMILES string of the molecule is CC(C)[C@@H]1CC[C@@H](C)C[C@H]1OC(=O)C1CCC1Br. The molecule has 0 radical (unpaired) electrons. The van der Waals surface area contributed by atoms with E-state index in [-0.39, 0.29) is 18.0 Å². The predicted octanol–water partition coefficient (Wildman–Crippen LogP) is 4.16. The van der Waals surface area contributed by atoms with Crippen LogP contribution in [-0.2, 0) is 9.53 Å². The summed E-state index contributed by atoms with van der Waals surface area (Å²) in [5.41, 5.74) is 0. The minimum absolute atomic E-state index is 0.0351. The number of rotatable bonds is 3. The average Bonchev–Trinajstić information content (AvgIpc) is 2.26. The maximum Gasteiger partial charge on any atom is 0.310 e. The van der Waals surface area contributed by atoms with Gasteiger partial charge in [-0.3, -0.25) is 4.79 Å². The first-order valence-electron chi connectivity index (χ1n) is 7.33. The standard InChI is InChI=1S/C15H25BrO2/c1-9(2)11-5-4-10(3)8-14(11)18-15(17)12-6-7-13(12)16/h9-14H,4-8H2,1-3H3/t10-,11+,12?,13?,14-/m1/s1. The quantitative estimate of drug-likeness (QED) is 0.577. The van der Waals surface area contributed by atoms with Crippen molar-refractivity contribution in [1.29, 1.82) is 0 Å². The average molecular weight is 317 g/mol. The fourth-order valence-electron chi connectivity index (χ4n) is 3.21. The van der Waals surface area contributed by atoms with Gasteiger partial charge in [0.25, 0.3) is 0 Å². The Morgan fingerprint density at radius 2 is 1.94 bits per heavy atom. The van der Waals surface area contributed by atoms with Crippen molar-refractivity contribution in [3.63, 3.8) is 0 Å². The molecule has 2 saturated carbocycles. The van der Waals surface area contributed by atoms with E-state index in [0.29, 0.717) is 22.6 Å². The first-order chi connectivity index (χ1) is 8.49. The summed E-state index contributed by atoms with van der Waals surface area (Å²) in [6.07, 6.45) is 5.79. The van der Waals surface area contributed by atoms with Crippen molar-refractivity contribution in [3.8, 4) is 0 Å². The number of halogens is 1. The Hall–Kier alpha value is -0.0500. The molecule has 2 unspecified atom stereocenters. The molecule has 5 atom stereocenters. The molecule has 18 heavy (non-hydrogen) atoms. The molecule has 3 heteroatoms. The van der Waals surface area contributed by atoms with Crippen molar-refractivity contribution in [2.75, 3.05) is 0 Å². The second-order valence-electron chi connectivity index (χ2n) is 6.50. The third kappa shape index (κ3) is 3.09. The molecule has 2 aliphatic carbocycles. The lowest BCUT2D eigenvalue weighted by atomic mass is 9.75. The molecular formula is C15H25BrO2.